The number of imidazole rings is 1. The third-order valence-electron chi connectivity index (χ3n) is 3.76. The van der Waals surface area contributed by atoms with Gasteiger partial charge in [-0.3, -0.25) is 4.98 Å². The lowest BCUT2D eigenvalue weighted by atomic mass is 10.1. The fraction of sp³-hybridized carbons (Fsp3) is 0.294. The van der Waals surface area contributed by atoms with Crippen molar-refractivity contribution in [1.82, 2.24) is 20.3 Å². The van der Waals surface area contributed by atoms with Crippen molar-refractivity contribution in [3.63, 3.8) is 0 Å². The number of aryl methyl sites for hydroxylation is 2. The highest BCUT2D eigenvalue weighted by Crippen LogP contribution is 2.17. The molecular weight excluding hydrogens is 260 g/mol. The molecule has 0 atom stereocenters. The first kappa shape index (κ1) is 13.8. The molecule has 0 aliphatic carbocycles. The van der Waals surface area contributed by atoms with Gasteiger partial charge in [-0.2, -0.15) is 0 Å². The molecular formula is C17H20N4. The van der Waals surface area contributed by atoms with Gasteiger partial charge in [-0.05, 0) is 54.8 Å². The summed E-state index contributed by atoms with van der Waals surface area (Å²) in [7, 11) is 0. The molecule has 0 saturated carbocycles. The molecule has 2 aromatic heterocycles. The van der Waals surface area contributed by atoms with Crippen molar-refractivity contribution in [2.45, 2.75) is 26.8 Å². The zero-order valence-corrected chi connectivity index (χ0v) is 12.5. The Morgan fingerprint density at radius 3 is 2.67 bits per heavy atom. The number of aromatic nitrogens is 3. The number of aromatic amines is 1. The molecule has 0 spiro atoms. The molecule has 2 N–H and O–H groups in total. The van der Waals surface area contributed by atoms with Crippen LogP contribution >= 0.6 is 0 Å². The second kappa shape index (κ2) is 6.06. The Labute approximate surface area is 124 Å². The fourth-order valence-corrected chi connectivity index (χ4v) is 2.38. The normalized spacial score (nSPS) is 11.1. The third-order valence-corrected chi connectivity index (χ3v) is 3.76. The molecule has 4 heteroatoms. The van der Waals surface area contributed by atoms with Gasteiger partial charge < -0.3 is 10.3 Å². The zero-order valence-electron chi connectivity index (χ0n) is 12.5. The SMILES string of the molecule is Cc1cc2nc(CCNCc3ccncc3)[nH]c2cc1C. The highest BCUT2D eigenvalue weighted by Gasteiger charge is 2.04. The first-order valence-corrected chi connectivity index (χ1v) is 7.28. The van der Waals surface area contributed by atoms with Gasteiger partial charge in [0.05, 0.1) is 11.0 Å². The summed E-state index contributed by atoms with van der Waals surface area (Å²) in [5, 5.41) is 3.43. The van der Waals surface area contributed by atoms with E-state index in [0.29, 0.717) is 0 Å². The van der Waals surface area contributed by atoms with E-state index in [-0.39, 0.29) is 0 Å². The molecule has 21 heavy (non-hydrogen) atoms. The Morgan fingerprint density at radius 1 is 1.10 bits per heavy atom. The smallest absolute Gasteiger partial charge is 0.108 e. The predicted octanol–water partition coefficient (Wildman–Crippen LogP) is 2.91. The third kappa shape index (κ3) is 3.28. The van der Waals surface area contributed by atoms with E-state index >= 15 is 0 Å². The average Bonchev–Trinajstić information content (AvgIpc) is 2.87. The number of hydrogen-bond acceptors (Lipinski definition) is 3. The molecule has 3 rings (SSSR count). The number of H-pyrrole nitrogens is 1. The lowest BCUT2D eigenvalue weighted by Crippen LogP contribution is -2.17. The highest BCUT2D eigenvalue weighted by molar-refractivity contribution is 5.77. The largest absolute Gasteiger partial charge is 0.342 e. The number of rotatable bonds is 5. The molecule has 0 aliphatic heterocycles. The molecule has 108 valence electrons. The van der Waals surface area contributed by atoms with Crippen LogP contribution in [0.3, 0.4) is 0 Å². The van der Waals surface area contributed by atoms with Crippen LogP contribution in [-0.2, 0) is 13.0 Å². The number of nitrogens with one attached hydrogen (secondary N) is 2. The second-order valence-electron chi connectivity index (χ2n) is 5.42. The summed E-state index contributed by atoms with van der Waals surface area (Å²) in [6.45, 7) is 6.02. The molecule has 2 heterocycles. The van der Waals surface area contributed by atoms with Crippen molar-refractivity contribution in [3.8, 4) is 0 Å². The predicted molar refractivity (Wildman–Crippen MR) is 85.2 cm³/mol. The van der Waals surface area contributed by atoms with E-state index in [1.165, 1.54) is 16.7 Å². The van der Waals surface area contributed by atoms with E-state index in [2.05, 4.69) is 46.2 Å². The van der Waals surface area contributed by atoms with Gasteiger partial charge in [0, 0.05) is 31.9 Å². The highest BCUT2D eigenvalue weighted by atomic mass is 14.9. The van der Waals surface area contributed by atoms with Crippen molar-refractivity contribution in [2.75, 3.05) is 6.54 Å². The van der Waals surface area contributed by atoms with E-state index in [1.807, 2.05) is 24.5 Å². The van der Waals surface area contributed by atoms with Gasteiger partial charge in [-0.15, -0.1) is 0 Å². The fourth-order valence-electron chi connectivity index (χ4n) is 2.38. The first-order chi connectivity index (χ1) is 10.2. The number of hydrogen-bond donors (Lipinski definition) is 2. The standard InChI is InChI=1S/C17H20N4/c1-12-9-15-16(10-13(12)2)21-17(20-15)5-8-19-11-14-3-6-18-7-4-14/h3-4,6-7,9-10,19H,5,8,11H2,1-2H3,(H,20,21). The number of fused-ring (bicyclic) bond motifs is 1. The maximum atomic E-state index is 4.65. The summed E-state index contributed by atoms with van der Waals surface area (Å²) in [4.78, 5) is 12.1. The summed E-state index contributed by atoms with van der Waals surface area (Å²) >= 11 is 0. The van der Waals surface area contributed by atoms with Crippen LogP contribution in [0.5, 0.6) is 0 Å². The van der Waals surface area contributed by atoms with Crippen LogP contribution in [-0.4, -0.2) is 21.5 Å². The molecule has 0 bridgehead atoms. The maximum Gasteiger partial charge on any atom is 0.108 e. The van der Waals surface area contributed by atoms with Crippen LogP contribution in [0.1, 0.15) is 22.5 Å². The van der Waals surface area contributed by atoms with Crippen LogP contribution in [0.4, 0.5) is 0 Å². The van der Waals surface area contributed by atoms with Crippen molar-refractivity contribution in [2.24, 2.45) is 0 Å². The molecule has 0 amide bonds. The van der Waals surface area contributed by atoms with Gasteiger partial charge in [0.1, 0.15) is 5.82 Å². The second-order valence-corrected chi connectivity index (χ2v) is 5.42. The van der Waals surface area contributed by atoms with Crippen LogP contribution < -0.4 is 5.32 Å². The molecule has 4 nitrogen and oxygen atoms in total. The summed E-state index contributed by atoms with van der Waals surface area (Å²) in [6, 6.07) is 8.38. The minimum atomic E-state index is 0.862. The minimum Gasteiger partial charge on any atom is -0.342 e. The summed E-state index contributed by atoms with van der Waals surface area (Å²) < 4.78 is 0. The molecule has 3 aromatic rings. The Balaban J connectivity index is 1.58. The van der Waals surface area contributed by atoms with E-state index < -0.39 is 0 Å². The van der Waals surface area contributed by atoms with Crippen molar-refractivity contribution in [1.29, 1.82) is 0 Å². The molecule has 1 aromatic carbocycles. The first-order valence-electron chi connectivity index (χ1n) is 7.28. The van der Waals surface area contributed by atoms with Gasteiger partial charge in [-0.25, -0.2) is 4.98 Å². The van der Waals surface area contributed by atoms with E-state index in [4.69, 9.17) is 0 Å². The van der Waals surface area contributed by atoms with E-state index in [1.54, 1.807) is 0 Å². The van der Waals surface area contributed by atoms with Gasteiger partial charge in [0.2, 0.25) is 0 Å². The molecule has 0 fully saturated rings. The van der Waals surface area contributed by atoms with E-state index in [9.17, 15) is 0 Å². The molecule has 0 radical (unpaired) electrons. The van der Waals surface area contributed by atoms with Gasteiger partial charge >= 0.3 is 0 Å². The topological polar surface area (TPSA) is 53.6 Å². The van der Waals surface area contributed by atoms with Gasteiger partial charge in [0.25, 0.3) is 0 Å². The Morgan fingerprint density at radius 2 is 1.86 bits per heavy atom. The monoisotopic (exact) mass is 280 g/mol. The number of benzene rings is 1. The van der Waals surface area contributed by atoms with Gasteiger partial charge in [-0.1, -0.05) is 0 Å². The summed E-state index contributed by atoms with van der Waals surface area (Å²) in [6.07, 6.45) is 4.54. The van der Waals surface area contributed by atoms with Crippen molar-refractivity contribution >= 4 is 11.0 Å². The minimum absolute atomic E-state index is 0.862. The Bertz CT molecular complexity index is 692. The Hall–Kier alpha value is -2.20. The summed E-state index contributed by atoms with van der Waals surface area (Å²) in [5.74, 6) is 1.04. The zero-order chi connectivity index (χ0) is 14.7. The quantitative estimate of drug-likeness (QED) is 0.707. The average molecular weight is 280 g/mol. The molecule has 0 saturated heterocycles. The lowest BCUT2D eigenvalue weighted by molar-refractivity contribution is 0.674. The van der Waals surface area contributed by atoms with Crippen LogP contribution in [0.25, 0.3) is 11.0 Å². The molecule has 0 unspecified atom stereocenters. The lowest BCUT2D eigenvalue weighted by Gasteiger charge is -2.02. The van der Waals surface area contributed by atoms with Crippen molar-refractivity contribution in [3.05, 3.63) is 59.2 Å². The number of pyridine rings is 1. The van der Waals surface area contributed by atoms with Crippen LogP contribution in [0.15, 0.2) is 36.7 Å². The number of nitrogens with zero attached hydrogens (tertiary/aromatic N) is 2. The Kier molecular flexibility index (Phi) is 3.97. The van der Waals surface area contributed by atoms with Crippen molar-refractivity contribution < 1.29 is 0 Å². The van der Waals surface area contributed by atoms with Gasteiger partial charge in [0.15, 0.2) is 0 Å². The maximum absolute atomic E-state index is 4.65. The van der Waals surface area contributed by atoms with E-state index in [0.717, 1.165) is 36.4 Å². The van der Waals surface area contributed by atoms with Crippen LogP contribution in [0, 0.1) is 13.8 Å². The van der Waals surface area contributed by atoms with Crippen LogP contribution in [0.2, 0.25) is 0 Å². The molecule has 0 aliphatic rings. The summed E-state index contributed by atoms with van der Waals surface area (Å²) in [5.41, 5.74) is 6.02.